The van der Waals surface area contributed by atoms with E-state index in [2.05, 4.69) is 16.0 Å². The lowest BCUT2D eigenvalue weighted by molar-refractivity contribution is -0.123. The third kappa shape index (κ3) is 10.8. The Kier molecular flexibility index (Phi) is 15.1. The highest BCUT2D eigenvalue weighted by atomic mass is 35.5. The smallest absolute Gasteiger partial charge is 0.328 e. The van der Waals surface area contributed by atoms with E-state index in [9.17, 15) is 29.1 Å². The number of anilines is 1. The summed E-state index contributed by atoms with van der Waals surface area (Å²) in [6.45, 7) is 2.43. The fraction of sp³-hybridized carbons (Fsp3) is 0.383. The molecule has 4 aromatic rings. The van der Waals surface area contributed by atoms with Crippen LogP contribution in [0.25, 0.3) is 11.1 Å². The van der Waals surface area contributed by atoms with Crippen LogP contribution in [0.15, 0.2) is 78.9 Å². The van der Waals surface area contributed by atoms with Crippen LogP contribution in [0.1, 0.15) is 69.9 Å². The summed E-state index contributed by atoms with van der Waals surface area (Å²) in [5, 5.41) is 18.7. The molecule has 0 spiro atoms. The largest absolute Gasteiger partial charge is 0.495 e. The van der Waals surface area contributed by atoms with Crippen LogP contribution in [0.5, 0.6) is 11.5 Å². The van der Waals surface area contributed by atoms with Crippen LogP contribution in [0.4, 0.5) is 14.9 Å². The van der Waals surface area contributed by atoms with Gasteiger partial charge in [0.1, 0.15) is 12.4 Å². The summed E-state index contributed by atoms with van der Waals surface area (Å²) in [5.74, 6) is -2.11. The van der Waals surface area contributed by atoms with Gasteiger partial charge in [-0.3, -0.25) is 34.3 Å². The zero-order valence-electron chi connectivity index (χ0n) is 35.6. The number of aliphatic hydroxyl groups excluding tert-OH is 1. The topological polar surface area (TPSA) is 196 Å². The summed E-state index contributed by atoms with van der Waals surface area (Å²) in [5.41, 5.74) is 8.55. The van der Waals surface area contributed by atoms with Crippen LogP contribution < -0.4 is 36.1 Å². The third-order valence-electron chi connectivity index (χ3n) is 12.1. The van der Waals surface area contributed by atoms with Gasteiger partial charge >= 0.3 is 6.03 Å². The number of carbonyl (C=O) groups is 5. The number of primary amides is 1. The predicted molar refractivity (Wildman–Crippen MR) is 239 cm³/mol. The van der Waals surface area contributed by atoms with Crippen molar-refractivity contribution in [3.63, 3.8) is 0 Å². The lowest BCUT2D eigenvalue weighted by Gasteiger charge is -2.35. The lowest BCUT2D eigenvalue weighted by Crippen LogP contribution is -2.52. The molecule has 3 fully saturated rings. The van der Waals surface area contributed by atoms with Crippen LogP contribution in [0.3, 0.4) is 0 Å². The molecule has 1 aliphatic carbocycles. The molecule has 17 heteroatoms. The van der Waals surface area contributed by atoms with Crippen molar-refractivity contribution in [3.05, 3.63) is 112 Å². The van der Waals surface area contributed by atoms with E-state index < -0.39 is 17.8 Å². The first-order chi connectivity index (χ1) is 30.9. The van der Waals surface area contributed by atoms with E-state index in [0.29, 0.717) is 55.3 Å². The second kappa shape index (κ2) is 21.1. The van der Waals surface area contributed by atoms with Crippen LogP contribution in [0.2, 0.25) is 5.02 Å². The molecule has 2 heterocycles. The van der Waals surface area contributed by atoms with Gasteiger partial charge in [-0.25, -0.2) is 9.18 Å². The molecule has 2 aliphatic heterocycles. The normalized spacial score (nSPS) is 18.6. The van der Waals surface area contributed by atoms with Gasteiger partial charge in [-0.1, -0.05) is 48.0 Å². The van der Waals surface area contributed by atoms with Crippen LogP contribution in [-0.2, 0) is 9.59 Å². The highest BCUT2D eigenvalue weighted by Gasteiger charge is 2.31. The molecule has 338 valence electrons. The molecule has 15 nitrogen and oxygen atoms in total. The number of rotatable bonds is 16. The average Bonchev–Trinajstić information content (AvgIpc) is 3.30. The van der Waals surface area contributed by atoms with Gasteiger partial charge in [0.25, 0.3) is 5.91 Å². The fourth-order valence-electron chi connectivity index (χ4n) is 8.68. The molecule has 0 aromatic heterocycles. The first kappa shape index (κ1) is 45.9. The van der Waals surface area contributed by atoms with Gasteiger partial charge < -0.3 is 35.8 Å². The number of aliphatic hydroxyl groups is 1. The Morgan fingerprint density at radius 1 is 0.906 bits per heavy atom. The molecule has 6 amide bonds. The Bertz CT molecular complexity index is 2350. The average molecular weight is 898 g/mol. The van der Waals surface area contributed by atoms with Crippen molar-refractivity contribution in [3.8, 4) is 22.6 Å². The first-order valence-electron chi connectivity index (χ1n) is 21.5. The minimum absolute atomic E-state index is 0.0352. The van der Waals surface area contributed by atoms with Gasteiger partial charge in [0, 0.05) is 85.4 Å². The van der Waals surface area contributed by atoms with Crippen LogP contribution >= 0.6 is 11.6 Å². The lowest BCUT2D eigenvalue weighted by atomic mass is 9.87. The number of urea groups is 1. The number of benzene rings is 4. The Morgan fingerprint density at radius 2 is 1.62 bits per heavy atom. The van der Waals surface area contributed by atoms with Crippen molar-refractivity contribution >= 4 is 46.9 Å². The molecular weight excluding hydrogens is 845 g/mol. The zero-order valence-corrected chi connectivity index (χ0v) is 36.4. The van der Waals surface area contributed by atoms with E-state index in [0.717, 1.165) is 36.8 Å². The van der Waals surface area contributed by atoms with E-state index >= 15 is 4.39 Å². The Morgan fingerprint density at radius 3 is 2.31 bits per heavy atom. The van der Waals surface area contributed by atoms with Gasteiger partial charge in [-0.15, -0.1) is 0 Å². The number of hydrogen-bond acceptors (Lipinski definition) is 10. The summed E-state index contributed by atoms with van der Waals surface area (Å²) in [6.07, 6.45) is 3.44. The summed E-state index contributed by atoms with van der Waals surface area (Å²) in [4.78, 5) is 68.7. The second-order valence-electron chi connectivity index (χ2n) is 16.2. The van der Waals surface area contributed by atoms with Crippen LogP contribution in [0, 0.1) is 5.82 Å². The Labute approximate surface area is 376 Å². The third-order valence-corrected chi connectivity index (χ3v) is 12.4. The van der Waals surface area contributed by atoms with Crippen molar-refractivity contribution in [2.45, 2.75) is 50.1 Å². The van der Waals surface area contributed by atoms with Crippen molar-refractivity contribution in [1.29, 1.82) is 0 Å². The SMILES string of the molecule is COc1ccc(C(=O)N2CCN(CC(=O)NC3CCC(NCC(c4ccccc4)c4ccc(Cl)c(-c5c(C(N)=O)ccc(OCCO)c5F)c4)CC3)CC2)cc1N1CCC(=O)NC1=O. The van der Waals surface area contributed by atoms with Crippen molar-refractivity contribution in [2.75, 3.05) is 71.0 Å². The minimum Gasteiger partial charge on any atom is -0.495 e. The molecular formula is C47H53ClFN7O8. The quantitative estimate of drug-likeness (QED) is 0.105. The van der Waals surface area contributed by atoms with E-state index in [1.807, 2.05) is 41.3 Å². The van der Waals surface area contributed by atoms with E-state index in [4.69, 9.17) is 26.8 Å². The number of hydrogen-bond donors (Lipinski definition) is 5. The highest BCUT2D eigenvalue weighted by Crippen LogP contribution is 2.39. The van der Waals surface area contributed by atoms with Gasteiger partial charge in [0.05, 0.1) is 31.5 Å². The number of ether oxygens (including phenoxy) is 2. The monoisotopic (exact) mass is 897 g/mol. The zero-order chi connectivity index (χ0) is 45.3. The van der Waals surface area contributed by atoms with E-state index in [-0.39, 0.29) is 90.3 Å². The second-order valence-corrected chi connectivity index (χ2v) is 16.6. The standard InChI is InChI=1S/C47H53ClFN7O8/c1-63-39-15-8-31(26-38(39)56-18-17-41(58)53-47(56)62)46(61)55-21-19-54(20-22-55)28-42(59)52-33-11-9-32(10-12-33)51-27-36(29-5-3-2-4-6-29)30-7-14-37(48)35(25-30)43-34(45(50)60)13-16-40(44(43)49)64-24-23-57/h2-8,13-16,25-26,32-33,36,51,57H,9-12,17-24,27-28H2,1H3,(H2,50,60)(H,52,59)(H,53,58,62). The molecule has 0 bridgehead atoms. The van der Waals surface area contributed by atoms with Crippen molar-refractivity contribution in [1.82, 2.24) is 25.8 Å². The highest BCUT2D eigenvalue weighted by molar-refractivity contribution is 6.33. The molecule has 4 aromatic carbocycles. The van der Waals surface area contributed by atoms with E-state index in [1.54, 1.807) is 35.2 Å². The maximum Gasteiger partial charge on any atom is 0.328 e. The number of methoxy groups -OCH3 is 1. The van der Waals surface area contributed by atoms with Gasteiger partial charge in [0.2, 0.25) is 17.7 Å². The molecule has 64 heavy (non-hydrogen) atoms. The van der Waals surface area contributed by atoms with Crippen molar-refractivity contribution in [2.24, 2.45) is 5.73 Å². The number of imide groups is 1. The van der Waals surface area contributed by atoms with Gasteiger partial charge in [-0.2, -0.15) is 0 Å². The number of piperazine rings is 1. The molecule has 6 N–H and O–H groups in total. The van der Waals surface area contributed by atoms with Gasteiger partial charge in [0.15, 0.2) is 11.6 Å². The number of nitrogens with one attached hydrogen (secondary N) is 3. The number of nitrogens with two attached hydrogens (primary N) is 1. The Balaban J connectivity index is 0.917. The van der Waals surface area contributed by atoms with Crippen LogP contribution in [-0.4, -0.2) is 123 Å². The number of nitrogens with zero attached hydrogens (tertiary/aromatic N) is 3. The number of carbonyl (C=O) groups excluding carboxylic acids is 5. The molecule has 1 atom stereocenters. The van der Waals surface area contributed by atoms with Gasteiger partial charge in [-0.05, 0) is 79.3 Å². The maximum atomic E-state index is 16.0. The summed E-state index contributed by atoms with van der Waals surface area (Å²) >= 11 is 6.68. The molecule has 3 aliphatic rings. The minimum atomic E-state index is -0.820. The fourth-order valence-corrected chi connectivity index (χ4v) is 8.89. The number of amides is 6. The molecule has 0 radical (unpaired) electrons. The molecule has 1 saturated carbocycles. The predicted octanol–water partition coefficient (Wildman–Crippen LogP) is 4.68. The maximum absolute atomic E-state index is 16.0. The Hall–Kier alpha value is -6.07. The molecule has 1 unspecified atom stereocenters. The first-order valence-corrected chi connectivity index (χ1v) is 21.9. The number of halogens is 2. The molecule has 2 saturated heterocycles. The van der Waals surface area contributed by atoms with Crippen molar-refractivity contribution < 1.29 is 42.9 Å². The summed E-state index contributed by atoms with van der Waals surface area (Å²) < 4.78 is 26.8. The van der Waals surface area contributed by atoms with E-state index in [1.165, 1.54) is 24.1 Å². The summed E-state index contributed by atoms with van der Waals surface area (Å²) in [7, 11) is 1.48. The molecule has 7 rings (SSSR count). The summed E-state index contributed by atoms with van der Waals surface area (Å²) in [6, 6.07) is 22.6.